The lowest BCUT2D eigenvalue weighted by Crippen LogP contribution is -1.94. The van der Waals surface area contributed by atoms with Crippen LogP contribution in [0.2, 0.25) is 0 Å². The van der Waals surface area contributed by atoms with Crippen molar-refractivity contribution >= 4 is 65.6 Å². The molecule has 0 fully saturated rings. The zero-order valence-electron chi connectivity index (χ0n) is 28.5. The fourth-order valence-electron chi connectivity index (χ4n) is 8.38. The second-order valence-corrected chi connectivity index (χ2v) is 13.7. The molecule has 0 spiro atoms. The number of nitrogens with zero attached hydrogens (tertiary/aromatic N) is 3. The van der Waals surface area contributed by atoms with Crippen LogP contribution in [0.15, 0.2) is 180 Å². The van der Waals surface area contributed by atoms with Crippen LogP contribution in [0.5, 0.6) is 0 Å². The van der Waals surface area contributed by atoms with E-state index in [9.17, 15) is 5.26 Å². The summed E-state index contributed by atoms with van der Waals surface area (Å²) in [5.41, 5.74) is 13.7. The maximum absolute atomic E-state index is 9.70. The summed E-state index contributed by atoms with van der Waals surface area (Å²) in [5, 5.41) is 16.7. The first-order valence-corrected chi connectivity index (χ1v) is 17.8. The zero-order valence-corrected chi connectivity index (χ0v) is 28.5. The van der Waals surface area contributed by atoms with Gasteiger partial charge in [-0.2, -0.15) is 5.26 Å². The Kier molecular flexibility index (Phi) is 6.28. The van der Waals surface area contributed by atoms with Crippen molar-refractivity contribution in [3.8, 4) is 39.7 Å². The summed E-state index contributed by atoms with van der Waals surface area (Å²) in [6.45, 7) is 0. The molecule has 0 aliphatic carbocycles. The van der Waals surface area contributed by atoms with Crippen LogP contribution >= 0.6 is 0 Å². The SMILES string of the molecule is N#Cc1cccc(-n2c3ccccc3c3c(-c4ccc5c(c4)c4cc(-c6ccc7oc8ccccc8c7c6)ccc4n5-c4ccccc4)cccc32)c1. The van der Waals surface area contributed by atoms with E-state index in [1.54, 1.807) is 0 Å². The van der Waals surface area contributed by atoms with Crippen LogP contribution in [0.25, 0.3) is 99.2 Å². The van der Waals surface area contributed by atoms with Crippen molar-refractivity contribution in [2.75, 3.05) is 0 Å². The second-order valence-electron chi connectivity index (χ2n) is 13.7. The highest BCUT2D eigenvalue weighted by Crippen LogP contribution is 2.42. The van der Waals surface area contributed by atoms with Crippen molar-refractivity contribution < 1.29 is 4.42 Å². The molecule has 11 aromatic rings. The first kappa shape index (κ1) is 29.4. The molecule has 0 atom stereocenters. The normalized spacial score (nSPS) is 11.8. The van der Waals surface area contributed by atoms with Crippen LogP contribution in [-0.2, 0) is 0 Å². The molecule has 4 heteroatoms. The smallest absolute Gasteiger partial charge is 0.135 e. The molecule has 0 saturated carbocycles. The Balaban J connectivity index is 1.16. The molecule has 4 nitrogen and oxygen atoms in total. The van der Waals surface area contributed by atoms with Gasteiger partial charge >= 0.3 is 0 Å². The lowest BCUT2D eigenvalue weighted by Gasteiger charge is -2.10. The van der Waals surface area contributed by atoms with Crippen molar-refractivity contribution in [1.29, 1.82) is 5.26 Å². The first-order chi connectivity index (χ1) is 26.2. The summed E-state index contributed by atoms with van der Waals surface area (Å²) in [7, 11) is 0. The summed E-state index contributed by atoms with van der Waals surface area (Å²) < 4.78 is 10.8. The van der Waals surface area contributed by atoms with Gasteiger partial charge in [0.25, 0.3) is 0 Å². The minimum atomic E-state index is 0.641. The quantitative estimate of drug-likeness (QED) is 0.186. The molecule has 3 heterocycles. The van der Waals surface area contributed by atoms with Crippen molar-refractivity contribution in [1.82, 2.24) is 9.13 Å². The summed E-state index contributed by atoms with van der Waals surface area (Å²) in [6, 6.07) is 64.4. The Morgan fingerprint density at radius 3 is 1.81 bits per heavy atom. The molecule has 0 bridgehead atoms. The summed E-state index contributed by atoms with van der Waals surface area (Å²) in [6.07, 6.45) is 0. The molecular formula is C49H29N3O. The van der Waals surface area contributed by atoms with Gasteiger partial charge in [0.1, 0.15) is 11.2 Å². The molecule has 0 saturated heterocycles. The lowest BCUT2D eigenvalue weighted by molar-refractivity contribution is 0.669. The van der Waals surface area contributed by atoms with Crippen LogP contribution in [0.4, 0.5) is 0 Å². The van der Waals surface area contributed by atoms with E-state index in [-0.39, 0.29) is 0 Å². The number of furan rings is 1. The average Bonchev–Trinajstić information content (AvgIpc) is 3.88. The minimum Gasteiger partial charge on any atom is -0.456 e. The molecule has 246 valence electrons. The topological polar surface area (TPSA) is 46.8 Å². The number of hydrogen-bond acceptors (Lipinski definition) is 2. The van der Waals surface area contributed by atoms with Gasteiger partial charge in [0.2, 0.25) is 0 Å². The third-order valence-electron chi connectivity index (χ3n) is 10.7. The number of para-hydroxylation sites is 3. The Morgan fingerprint density at radius 1 is 0.396 bits per heavy atom. The first-order valence-electron chi connectivity index (χ1n) is 17.8. The van der Waals surface area contributed by atoms with Gasteiger partial charge in [-0.25, -0.2) is 0 Å². The molecule has 0 aliphatic heterocycles. The molecule has 3 aromatic heterocycles. The number of rotatable bonds is 4. The number of fused-ring (bicyclic) bond motifs is 9. The van der Waals surface area contributed by atoms with Gasteiger partial charge in [0.05, 0.1) is 33.7 Å². The molecule has 11 rings (SSSR count). The Morgan fingerprint density at radius 2 is 0.981 bits per heavy atom. The monoisotopic (exact) mass is 675 g/mol. The Labute approximate surface area is 304 Å². The third kappa shape index (κ3) is 4.41. The fourth-order valence-corrected chi connectivity index (χ4v) is 8.38. The highest BCUT2D eigenvalue weighted by molar-refractivity contribution is 6.18. The van der Waals surface area contributed by atoms with Gasteiger partial charge < -0.3 is 13.6 Å². The average molecular weight is 676 g/mol. The fraction of sp³-hybridized carbons (Fsp3) is 0. The number of hydrogen-bond donors (Lipinski definition) is 0. The molecule has 0 unspecified atom stereocenters. The van der Waals surface area contributed by atoms with Crippen LogP contribution in [0.1, 0.15) is 5.56 Å². The van der Waals surface area contributed by atoms with Crippen LogP contribution < -0.4 is 0 Å². The van der Waals surface area contributed by atoms with Gasteiger partial charge in [-0.15, -0.1) is 0 Å². The Hall–Kier alpha value is -7.35. The van der Waals surface area contributed by atoms with Crippen LogP contribution in [-0.4, -0.2) is 9.13 Å². The second kappa shape index (κ2) is 11.3. The van der Waals surface area contributed by atoms with E-state index in [2.05, 4.69) is 161 Å². The number of aromatic nitrogens is 2. The van der Waals surface area contributed by atoms with Crippen molar-refractivity contribution in [2.24, 2.45) is 0 Å². The van der Waals surface area contributed by atoms with E-state index >= 15 is 0 Å². The van der Waals surface area contributed by atoms with Crippen molar-refractivity contribution in [3.05, 3.63) is 181 Å². The van der Waals surface area contributed by atoms with Gasteiger partial charge in [-0.05, 0) is 107 Å². The Bertz CT molecular complexity index is 3300. The van der Waals surface area contributed by atoms with Crippen molar-refractivity contribution in [2.45, 2.75) is 0 Å². The third-order valence-corrected chi connectivity index (χ3v) is 10.7. The van der Waals surface area contributed by atoms with Gasteiger partial charge in [-0.1, -0.05) is 91.0 Å². The zero-order chi connectivity index (χ0) is 35.0. The van der Waals surface area contributed by atoms with Gasteiger partial charge in [0.15, 0.2) is 0 Å². The van der Waals surface area contributed by atoms with E-state index in [1.165, 1.54) is 27.1 Å². The molecule has 0 radical (unpaired) electrons. The van der Waals surface area contributed by atoms with E-state index in [0.29, 0.717) is 5.56 Å². The van der Waals surface area contributed by atoms with Gasteiger partial charge in [0, 0.05) is 43.7 Å². The molecule has 0 aliphatic rings. The van der Waals surface area contributed by atoms with E-state index in [4.69, 9.17) is 4.42 Å². The molecule has 53 heavy (non-hydrogen) atoms. The highest BCUT2D eigenvalue weighted by atomic mass is 16.3. The van der Waals surface area contributed by atoms with E-state index in [0.717, 1.165) is 72.1 Å². The summed E-state index contributed by atoms with van der Waals surface area (Å²) in [5.74, 6) is 0. The predicted molar refractivity (Wildman–Crippen MR) is 218 cm³/mol. The molecule has 0 amide bonds. The van der Waals surface area contributed by atoms with Crippen LogP contribution in [0.3, 0.4) is 0 Å². The number of benzene rings is 8. The maximum atomic E-state index is 9.70. The van der Waals surface area contributed by atoms with Gasteiger partial charge in [-0.3, -0.25) is 0 Å². The predicted octanol–water partition coefficient (Wildman–Crippen LogP) is 13.0. The molecule has 8 aromatic carbocycles. The number of nitriles is 1. The van der Waals surface area contributed by atoms with Crippen LogP contribution in [0, 0.1) is 11.3 Å². The largest absolute Gasteiger partial charge is 0.456 e. The maximum Gasteiger partial charge on any atom is 0.135 e. The highest BCUT2D eigenvalue weighted by Gasteiger charge is 2.19. The minimum absolute atomic E-state index is 0.641. The van der Waals surface area contributed by atoms with E-state index in [1.807, 2.05) is 30.3 Å². The van der Waals surface area contributed by atoms with E-state index < -0.39 is 0 Å². The summed E-state index contributed by atoms with van der Waals surface area (Å²) in [4.78, 5) is 0. The molecular weight excluding hydrogens is 647 g/mol. The molecule has 0 N–H and O–H groups in total. The lowest BCUT2D eigenvalue weighted by atomic mass is 9.97. The standard InChI is InChI=1S/C49H29N3O/c50-30-31-10-8-13-36(26-31)52-43-17-6-4-15-39(43)49-37(16-9-18-46(49)52)34-21-24-45-41(29-34)40-27-32(20-23-44(40)51(45)35-11-2-1-3-12-35)33-22-25-48-42(28-33)38-14-5-7-19-47(38)53-48/h1-29H. The summed E-state index contributed by atoms with van der Waals surface area (Å²) >= 11 is 0. The van der Waals surface area contributed by atoms with Crippen molar-refractivity contribution in [3.63, 3.8) is 0 Å².